The highest BCUT2D eigenvalue weighted by atomic mass is 35.5. The van der Waals surface area contributed by atoms with E-state index in [0.717, 1.165) is 25.7 Å². The summed E-state index contributed by atoms with van der Waals surface area (Å²) in [6, 6.07) is 13.1. The molecule has 1 amide bonds. The van der Waals surface area contributed by atoms with Crippen LogP contribution in [0.2, 0.25) is 5.02 Å². The first-order valence-electron chi connectivity index (χ1n) is 9.69. The molecule has 3 rings (SSSR count). The van der Waals surface area contributed by atoms with Crippen LogP contribution in [-0.2, 0) is 14.8 Å². The largest absolute Gasteiger partial charge is 0.481 e. The van der Waals surface area contributed by atoms with E-state index in [9.17, 15) is 13.2 Å². The van der Waals surface area contributed by atoms with Crippen molar-refractivity contribution in [1.82, 2.24) is 4.31 Å². The van der Waals surface area contributed by atoms with E-state index in [1.54, 1.807) is 47.6 Å². The first-order chi connectivity index (χ1) is 13.9. The molecule has 0 bridgehead atoms. The summed E-state index contributed by atoms with van der Waals surface area (Å²) in [5, 5.41) is 3.26. The van der Waals surface area contributed by atoms with Gasteiger partial charge in [0.1, 0.15) is 5.75 Å². The molecule has 0 aliphatic carbocycles. The molecule has 0 saturated carbocycles. The van der Waals surface area contributed by atoms with Gasteiger partial charge < -0.3 is 10.1 Å². The molecule has 6 nitrogen and oxygen atoms in total. The molecular formula is C21H25ClN2O4S. The Morgan fingerprint density at radius 1 is 1.07 bits per heavy atom. The van der Waals surface area contributed by atoms with Gasteiger partial charge in [0, 0.05) is 23.8 Å². The van der Waals surface area contributed by atoms with Crippen molar-refractivity contribution in [2.45, 2.75) is 43.6 Å². The van der Waals surface area contributed by atoms with Crippen molar-refractivity contribution in [3.8, 4) is 5.75 Å². The summed E-state index contributed by atoms with van der Waals surface area (Å²) in [6.45, 7) is 2.74. The van der Waals surface area contributed by atoms with E-state index in [-0.39, 0.29) is 10.8 Å². The Morgan fingerprint density at radius 3 is 2.34 bits per heavy atom. The van der Waals surface area contributed by atoms with Crippen LogP contribution in [0.1, 0.15) is 32.6 Å². The second-order valence-corrected chi connectivity index (χ2v) is 9.42. The second kappa shape index (κ2) is 9.61. The van der Waals surface area contributed by atoms with E-state index >= 15 is 0 Å². The maximum atomic E-state index is 12.8. The van der Waals surface area contributed by atoms with Gasteiger partial charge in [-0.2, -0.15) is 4.31 Å². The highest BCUT2D eigenvalue weighted by molar-refractivity contribution is 7.89. The molecule has 0 radical (unpaired) electrons. The molecule has 2 aromatic carbocycles. The summed E-state index contributed by atoms with van der Waals surface area (Å²) in [7, 11) is -3.51. The Morgan fingerprint density at radius 2 is 1.72 bits per heavy atom. The minimum atomic E-state index is -3.51. The maximum Gasteiger partial charge on any atom is 0.265 e. The number of sulfonamides is 1. The van der Waals surface area contributed by atoms with E-state index < -0.39 is 16.1 Å². The molecule has 1 fully saturated rings. The monoisotopic (exact) mass is 436 g/mol. The third-order valence-corrected chi connectivity index (χ3v) is 6.95. The number of amides is 1. The van der Waals surface area contributed by atoms with Crippen molar-refractivity contribution in [2.75, 3.05) is 18.4 Å². The standard InChI is InChI=1S/C21H25ClN2O4S/c1-16(28-19-8-6-7-17(22)15-19)21(25)23-18-9-11-20(12-10-18)29(26,27)24-13-4-2-3-5-14-24/h6-12,15-16H,2-5,13-14H2,1H3,(H,23,25). The second-order valence-electron chi connectivity index (χ2n) is 7.05. The minimum absolute atomic E-state index is 0.237. The Kier molecular flexibility index (Phi) is 7.16. The Labute approximate surface area is 176 Å². The lowest BCUT2D eigenvalue weighted by Crippen LogP contribution is -2.32. The molecule has 2 aromatic rings. The van der Waals surface area contributed by atoms with Gasteiger partial charge in [0.2, 0.25) is 10.0 Å². The topological polar surface area (TPSA) is 75.7 Å². The Hall–Kier alpha value is -2.09. The Bertz CT molecular complexity index is 939. The van der Waals surface area contributed by atoms with E-state index in [1.807, 2.05) is 0 Å². The van der Waals surface area contributed by atoms with Gasteiger partial charge in [-0.15, -0.1) is 0 Å². The van der Waals surface area contributed by atoms with E-state index in [2.05, 4.69) is 5.32 Å². The molecule has 1 N–H and O–H groups in total. The van der Waals surface area contributed by atoms with E-state index in [1.165, 1.54) is 12.1 Å². The summed E-state index contributed by atoms with van der Waals surface area (Å²) < 4.78 is 32.8. The van der Waals surface area contributed by atoms with Gasteiger partial charge in [-0.1, -0.05) is 30.5 Å². The van der Waals surface area contributed by atoms with Crippen LogP contribution in [0.25, 0.3) is 0 Å². The van der Waals surface area contributed by atoms with Gasteiger partial charge in [0.05, 0.1) is 4.90 Å². The smallest absolute Gasteiger partial charge is 0.265 e. The summed E-state index contributed by atoms with van der Waals surface area (Å²) in [6.07, 6.45) is 3.16. The number of nitrogens with one attached hydrogen (secondary N) is 1. The van der Waals surface area contributed by atoms with Crippen molar-refractivity contribution in [3.05, 3.63) is 53.6 Å². The van der Waals surface area contributed by atoms with Crippen LogP contribution in [0.3, 0.4) is 0 Å². The zero-order chi connectivity index (χ0) is 20.9. The predicted molar refractivity (Wildman–Crippen MR) is 114 cm³/mol. The number of benzene rings is 2. The quantitative estimate of drug-likeness (QED) is 0.732. The molecule has 1 unspecified atom stereocenters. The molecule has 1 saturated heterocycles. The van der Waals surface area contributed by atoms with Gasteiger partial charge >= 0.3 is 0 Å². The fourth-order valence-electron chi connectivity index (χ4n) is 3.18. The zero-order valence-corrected chi connectivity index (χ0v) is 17.9. The number of nitrogens with zero attached hydrogens (tertiary/aromatic N) is 1. The molecule has 0 spiro atoms. The van der Waals surface area contributed by atoms with Crippen LogP contribution in [0.15, 0.2) is 53.4 Å². The van der Waals surface area contributed by atoms with Crippen LogP contribution in [0.5, 0.6) is 5.75 Å². The average molecular weight is 437 g/mol. The Balaban J connectivity index is 1.63. The first kappa shape index (κ1) is 21.6. The highest BCUT2D eigenvalue weighted by Gasteiger charge is 2.25. The first-order valence-corrected chi connectivity index (χ1v) is 11.5. The number of carbonyl (C=O) groups excluding carboxylic acids is 1. The number of carbonyl (C=O) groups is 1. The molecule has 29 heavy (non-hydrogen) atoms. The fourth-order valence-corrected chi connectivity index (χ4v) is 4.88. The van der Waals surface area contributed by atoms with Crippen LogP contribution >= 0.6 is 11.6 Å². The normalized spacial score (nSPS) is 16.6. The average Bonchev–Trinajstić information content (AvgIpc) is 2.98. The van der Waals surface area contributed by atoms with E-state index in [0.29, 0.717) is 29.5 Å². The van der Waals surface area contributed by atoms with Crippen molar-refractivity contribution in [2.24, 2.45) is 0 Å². The number of hydrogen-bond donors (Lipinski definition) is 1. The molecule has 1 atom stereocenters. The van der Waals surface area contributed by atoms with Crippen LogP contribution < -0.4 is 10.1 Å². The SMILES string of the molecule is CC(Oc1cccc(Cl)c1)C(=O)Nc1ccc(S(=O)(=O)N2CCCCCC2)cc1. The lowest BCUT2D eigenvalue weighted by Gasteiger charge is -2.20. The third kappa shape index (κ3) is 5.72. The summed E-state index contributed by atoms with van der Waals surface area (Å²) >= 11 is 5.92. The van der Waals surface area contributed by atoms with Gasteiger partial charge in [-0.05, 0) is 62.2 Å². The van der Waals surface area contributed by atoms with E-state index in [4.69, 9.17) is 16.3 Å². The molecule has 1 aliphatic rings. The summed E-state index contributed by atoms with van der Waals surface area (Å²) in [5.74, 6) is 0.159. The number of rotatable bonds is 6. The minimum Gasteiger partial charge on any atom is -0.481 e. The molecule has 1 aliphatic heterocycles. The number of halogens is 1. The van der Waals surface area contributed by atoms with Crippen LogP contribution in [0, 0.1) is 0 Å². The molecule has 1 heterocycles. The zero-order valence-electron chi connectivity index (χ0n) is 16.3. The van der Waals surface area contributed by atoms with Crippen LogP contribution in [-0.4, -0.2) is 37.8 Å². The third-order valence-electron chi connectivity index (χ3n) is 4.80. The van der Waals surface area contributed by atoms with Gasteiger partial charge in [-0.3, -0.25) is 4.79 Å². The number of hydrogen-bond acceptors (Lipinski definition) is 4. The van der Waals surface area contributed by atoms with Crippen molar-refractivity contribution in [3.63, 3.8) is 0 Å². The van der Waals surface area contributed by atoms with Crippen molar-refractivity contribution >= 4 is 33.2 Å². The molecule has 8 heteroatoms. The highest BCUT2D eigenvalue weighted by Crippen LogP contribution is 2.22. The van der Waals surface area contributed by atoms with Gasteiger partial charge in [-0.25, -0.2) is 8.42 Å². The number of ether oxygens (including phenoxy) is 1. The summed E-state index contributed by atoms with van der Waals surface area (Å²) in [4.78, 5) is 12.6. The summed E-state index contributed by atoms with van der Waals surface area (Å²) in [5.41, 5.74) is 0.506. The number of anilines is 1. The fraction of sp³-hybridized carbons (Fsp3) is 0.381. The maximum absolute atomic E-state index is 12.8. The van der Waals surface area contributed by atoms with Crippen molar-refractivity contribution < 1.29 is 17.9 Å². The predicted octanol–water partition coefficient (Wildman–Crippen LogP) is 4.31. The van der Waals surface area contributed by atoms with Crippen LogP contribution in [0.4, 0.5) is 5.69 Å². The van der Waals surface area contributed by atoms with Gasteiger partial charge in [0.25, 0.3) is 5.91 Å². The molecule has 156 valence electrons. The lowest BCUT2D eigenvalue weighted by atomic mass is 10.2. The van der Waals surface area contributed by atoms with Gasteiger partial charge in [0.15, 0.2) is 6.10 Å². The molecule has 0 aromatic heterocycles. The lowest BCUT2D eigenvalue weighted by molar-refractivity contribution is -0.122. The van der Waals surface area contributed by atoms with Crippen molar-refractivity contribution in [1.29, 1.82) is 0 Å². The molecular weight excluding hydrogens is 412 g/mol.